The number of rotatable bonds is 2. The fraction of sp³-hybridized carbons (Fsp3) is 0. The van der Waals surface area contributed by atoms with Gasteiger partial charge in [0.25, 0.3) is 0 Å². The lowest BCUT2D eigenvalue weighted by molar-refractivity contribution is 1.18. The van der Waals surface area contributed by atoms with Crippen molar-refractivity contribution in [2.45, 2.75) is 0 Å². The summed E-state index contributed by atoms with van der Waals surface area (Å²) < 4.78 is 55.2. The molecule has 0 aliphatic carbocycles. The number of hydrogen-bond donors (Lipinski definition) is 0. The molecule has 2 heterocycles. The molecule has 0 aliphatic rings. The first-order valence-electron chi connectivity index (χ1n) is 13.5. The summed E-state index contributed by atoms with van der Waals surface area (Å²) in [7, 11) is 0. The average molecular weight is 466 g/mol. The van der Waals surface area contributed by atoms with E-state index >= 15 is 0 Å². The second-order valence-corrected chi connectivity index (χ2v) is 9.30. The van der Waals surface area contributed by atoms with Gasteiger partial charge in [0.2, 0.25) is 0 Å². The summed E-state index contributed by atoms with van der Waals surface area (Å²) in [4.78, 5) is 0. The van der Waals surface area contributed by atoms with Crippen molar-refractivity contribution >= 4 is 64.9 Å². The number of para-hydroxylation sites is 2. The minimum absolute atomic E-state index is 0.0133. The second-order valence-electron chi connectivity index (χ2n) is 7.85. The van der Waals surface area contributed by atoms with Gasteiger partial charge in [-0.1, -0.05) is 90.4 Å². The van der Waals surface area contributed by atoms with Gasteiger partial charge in [0, 0.05) is 30.9 Å². The number of halogens is 1. The fourth-order valence-electron chi connectivity index (χ4n) is 4.58. The Morgan fingerprint density at radius 2 is 1.42 bits per heavy atom. The lowest BCUT2D eigenvalue weighted by atomic mass is 10.0. The zero-order valence-corrected chi connectivity index (χ0v) is 18.7. The second kappa shape index (κ2) is 7.21. The number of aromatic nitrogens is 1. The third-order valence-electron chi connectivity index (χ3n) is 6.03. The number of nitrogens with zero attached hydrogens (tertiary/aromatic N) is 1. The van der Waals surface area contributed by atoms with Crippen LogP contribution in [0.5, 0.6) is 0 Å². The number of hydrogen-bond acceptors (Lipinski definition) is 1. The average Bonchev–Trinajstić information content (AvgIpc) is 3.48. The van der Waals surface area contributed by atoms with Crippen LogP contribution in [0.25, 0.3) is 58.8 Å². The van der Waals surface area contributed by atoms with Gasteiger partial charge in [-0.25, -0.2) is 0 Å². The van der Waals surface area contributed by atoms with Gasteiger partial charge < -0.3 is 4.57 Å². The predicted molar refractivity (Wildman–Crippen MR) is 144 cm³/mol. The highest BCUT2D eigenvalue weighted by molar-refractivity contribution is 7.26. The molecule has 0 N–H and O–H groups in total. The first kappa shape index (κ1) is 13.8. The van der Waals surface area contributed by atoms with Gasteiger partial charge in [-0.3, -0.25) is 0 Å². The number of benzene rings is 5. The van der Waals surface area contributed by atoms with Crippen molar-refractivity contribution in [3.8, 4) is 16.8 Å². The first-order chi connectivity index (χ1) is 18.8. The largest absolute Gasteiger partial charge is 0.308 e. The monoisotopic (exact) mass is 465 g/mol. The smallest absolute Gasteiger partial charge is 0.0654 e. The summed E-state index contributed by atoms with van der Waals surface area (Å²) >= 11 is 8.51. The lowest BCUT2D eigenvalue weighted by Crippen LogP contribution is -1.95. The molecule has 7 aromatic rings. The molecule has 7 rings (SSSR count). The van der Waals surface area contributed by atoms with E-state index in [4.69, 9.17) is 19.8 Å². The molecular formula is C30H18ClNS. The van der Waals surface area contributed by atoms with Crippen LogP contribution in [0.3, 0.4) is 0 Å². The minimum atomic E-state index is -0.149. The van der Waals surface area contributed by atoms with Crippen molar-refractivity contribution in [3.05, 3.63) is 114 Å². The number of fused-ring (bicyclic) bond motifs is 6. The zero-order valence-electron chi connectivity index (χ0n) is 23.2. The van der Waals surface area contributed by atoms with E-state index in [9.17, 15) is 0 Å². The van der Waals surface area contributed by atoms with Crippen LogP contribution >= 0.6 is 22.9 Å². The molecule has 3 heteroatoms. The van der Waals surface area contributed by atoms with Crippen LogP contribution in [-0.4, -0.2) is 4.57 Å². The maximum atomic E-state index is 8.74. The van der Waals surface area contributed by atoms with Crippen LogP contribution in [0, 0.1) is 0 Å². The molecule has 0 fully saturated rings. The Bertz CT molecular complexity index is 2090. The molecule has 0 atom stereocenters. The molecule has 0 spiro atoms. The van der Waals surface area contributed by atoms with Gasteiger partial charge in [0.1, 0.15) is 0 Å². The van der Waals surface area contributed by atoms with Crippen LogP contribution in [0.2, 0.25) is 5.02 Å². The lowest BCUT2D eigenvalue weighted by Gasteiger charge is -2.13. The summed E-state index contributed by atoms with van der Waals surface area (Å²) in [6.07, 6.45) is 0. The van der Waals surface area contributed by atoms with Crippen molar-refractivity contribution < 1.29 is 8.22 Å². The molecule has 0 radical (unpaired) electrons. The highest BCUT2D eigenvalue weighted by Gasteiger charge is 2.16. The van der Waals surface area contributed by atoms with Crippen molar-refractivity contribution in [3.63, 3.8) is 0 Å². The summed E-state index contributed by atoms with van der Waals surface area (Å²) in [6, 6.07) is 22.1. The molecule has 0 aliphatic heterocycles. The molecule has 1 nitrogen and oxygen atoms in total. The fourth-order valence-corrected chi connectivity index (χ4v) is 6.02. The Morgan fingerprint density at radius 3 is 2.21 bits per heavy atom. The van der Waals surface area contributed by atoms with E-state index in [0.717, 1.165) is 21.2 Å². The van der Waals surface area contributed by atoms with Crippen molar-refractivity contribution in [1.29, 1.82) is 0 Å². The van der Waals surface area contributed by atoms with E-state index in [1.54, 1.807) is 22.0 Å². The Hall–Kier alpha value is -3.59. The van der Waals surface area contributed by atoms with Gasteiger partial charge in [-0.2, -0.15) is 0 Å². The Morgan fingerprint density at radius 1 is 0.697 bits per heavy atom. The van der Waals surface area contributed by atoms with Crippen LogP contribution in [0.15, 0.2) is 109 Å². The third-order valence-corrected chi connectivity index (χ3v) is 7.57. The van der Waals surface area contributed by atoms with Crippen molar-refractivity contribution in [2.75, 3.05) is 0 Å². The SMILES string of the molecule is [2H]c1cc([2H])c2c(c1[2H])c1c([2H])c([2H])cc([2H])c1n2-c1cc(-c2cccc3c2sc2ccccc23)ccc1Cl. The molecule has 2 aromatic heterocycles. The maximum Gasteiger partial charge on any atom is 0.0654 e. The summed E-state index contributed by atoms with van der Waals surface area (Å²) in [5.41, 5.74) is 3.00. The van der Waals surface area contributed by atoms with Crippen molar-refractivity contribution in [1.82, 2.24) is 4.57 Å². The molecule has 0 amide bonds. The van der Waals surface area contributed by atoms with E-state index in [1.807, 2.05) is 30.3 Å². The third kappa shape index (κ3) is 2.78. The molecule has 156 valence electrons. The van der Waals surface area contributed by atoms with Gasteiger partial charge >= 0.3 is 0 Å². The standard InChI is InChI=1S/C30H18ClNS/c31-25-17-16-19(20-11-7-12-24-23-10-3-6-15-29(23)33-30(20)24)18-28(25)32-26-13-4-1-8-21(26)22-9-2-5-14-27(22)32/h1-18H/i1D,2D,8D,9D,13D,14D. The minimum Gasteiger partial charge on any atom is -0.308 e. The van der Waals surface area contributed by atoms with Gasteiger partial charge in [-0.15, -0.1) is 11.3 Å². The Kier molecular flexibility index (Phi) is 3.02. The Labute approximate surface area is 208 Å². The summed E-state index contributed by atoms with van der Waals surface area (Å²) in [5.74, 6) is 0. The van der Waals surface area contributed by atoms with Crippen LogP contribution < -0.4 is 0 Å². The quantitative estimate of drug-likeness (QED) is 0.239. The van der Waals surface area contributed by atoms with E-state index in [2.05, 4.69) is 24.3 Å². The summed E-state index contributed by atoms with van der Waals surface area (Å²) in [6.45, 7) is 0. The highest BCUT2D eigenvalue weighted by Crippen LogP contribution is 2.41. The highest BCUT2D eigenvalue weighted by atomic mass is 35.5. The van der Waals surface area contributed by atoms with Gasteiger partial charge in [0.15, 0.2) is 0 Å². The molecule has 5 aromatic carbocycles. The van der Waals surface area contributed by atoms with E-state index < -0.39 is 0 Å². The Balaban J connectivity index is 1.61. The van der Waals surface area contributed by atoms with E-state index in [1.165, 1.54) is 22.2 Å². The van der Waals surface area contributed by atoms with Gasteiger partial charge in [0.05, 0.1) is 30.0 Å². The van der Waals surface area contributed by atoms with Crippen LogP contribution in [0.1, 0.15) is 8.22 Å². The molecule has 0 unspecified atom stereocenters. The topological polar surface area (TPSA) is 4.93 Å². The van der Waals surface area contributed by atoms with E-state index in [-0.39, 0.29) is 58.1 Å². The van der Waals surface area contributed by atoms with Gasteiger partial charge in [-0.05, 0) is 41.4 Å². The van der Waals surface area contributed by atoms with Crippen LogP contribution in [0.4, 0.5) is 0 Å². The normalized spacial score (nSPS) is 14.3. The summed E-state index contributed by atoms with van der Waals surface area (Å²) in [5, 5.41) is 3.15. The van der Waals surface area contributed by atoms with Crippen LogP contribution in [-0.2, 0) is 0 Å². The predicted octanol–water partition coefficient (Wildman–Crippen LogP) is 9.47. The zero-order chi connectivity index (χ0) is 27.2. The van der Waals surface area contributed by atoms with E-state index in [0.29, 0.717) is 10.7 Å². The molecule has 0 saturated carbocycles. The molecule has 0 bridgehead atoms. The van der Waals surface area contributed by atoms with Crippen molar-refractivity contribution in [2.24, 2.45) is 0 Å². The molecule has 33 heavy (non-hydrogen) atoms. The number of thiophene rings is 1. The molecular weight excluding hydrogens is 442 g/mol. The maximum absolute atomic E-state index is 8.74. The first-order valence-corrected chi connectivity index (χ1v) is 11.7. The molecule has 0 saturated heterocycles.